The highest BCUT2D eigenvalue weighted by Gasteiger charge is 2.36. The summed E-state index contributed by atoms with van der Waals surface area (Å²) in [5, 5.41) is 3.42. The molecule has 12 nitrogen and oxygen atoms in total. The Hall–Kier alpha value is -3.25. The average Bonchev–Trinajstić information content (AvgIpc) is 3.49. The van der Waals surface area contributed by atoms with Gasteiger partial charge in [-0.1, -0.05) is 11.6 Å². The van der Waals surface area contributed by atoms with E-state index < -0.39 is 23.8 Å². The number of aryl methyl sites for hydroxylation is 1. The number of amides is 1. The van der Waals surface area contributed by atoms with Crippen LogP contribution in [0.5, 0.6) is 0 Å². The number of imidazole rings is 1. The first-order valence-corrected chi connectivity index (χ1v) is 12.4. The molecule has 2 aromatic heterocycles. The number of piperidine rings is 1. The summed E-state index contributed by atoms with van der Waals surface area (Å²) in [6.07, 6.45) is 5.43. The molecule has 2 aliphatic rings. The van der Waals surface area contributed by atoms with E-state index in [9.17, 15) is 19.2 Å². The fraction of sp³-hybridized carbons (Fsp3) is 0.625. The van der Waals surface area contributed by atoms with E-state index in [1.807, 2.05) is 29.4 Å². The maximum absolute atomic E-state index is 13.1. The highest BCUT2D eigenvalue weighted by atomic mass is 16.2. The summed E-state index contributed by atoms with van der Waals surface area (Å²) >= 11 is 0. The average molecular weight is 501 g/mol. The molecule has 0 bridgehead atoms. The summed E-state index contributed by atoms with van der Waals surface area (Å²) in [6.45, 7) is 6.35. The van der Waals surface area contributed by atoms with Gasteiger partial charge in [-0.25, -0.2) is 4.79 Å². The van der Waals surface area contributed by atoms with Crippen molar-refractivity contribution in [2.45, 2.75) is 64.3 Å². The predicted octanol–water partition coefficient (Wildman–Crippen LogP) is -0.567. The maximum Gasteiger partial charge on any atom is 0.332 e. The van der Waals surface area contributed by atoms with Crippen molar-refractivity contribution in [2.24, 2.45) is 19.8 Å². The second kappa shape index (κ2) is 10.4. The number of carbonyl (C=O) groups excluding carboxylic acids is 2. The standard InChI is InChI=1S/C24H36N8O4/c1-15(2)9-12-32-19-21(28(3)24(36)29(4)22(19)35)27-23(32)30-10-5-7-16(13-30)26-18(14-33)31-11-6-8-17(31)20(25)34/h9,14,16-18,26H,5-8,10-13H2,1-4H3,(H2,25,34). The number of primary amides is 1. The van der Waals surface area contributed by atoms with Crippen molar-refractivity contribution in [3.05, 3.63) is 32.5 Å². The molecule has 2 aromatic rings. The van der Waals surface area contributed by atoms with Crippen LogP contribution in [0.25, 0.3) is 11.2 Å². The lowest BCUT2D eigenvalue weighted by Gasteiger charge is -2.37. The minimum Gasteiger partial charge on any atom is -0.368 e. The molecule has 196 valence electrons. The zero-order valence-corrected chi connectivity index (χ0v) is 21.4. The summed E-state index contributed by atoms with van der Waals surface area (Å²) in [7, 11) is 3.09. The lowest BCUT2D eigenvalue weighted by Crippen LogP contribution is -2.58. The van der Waals surface area contributed by atoms with Crippen molar-refractivity contribution >= 4 is 29.3 Å². The Kier molecular flexibility index (Phi) is 7.46. The van der Waals surface area contributed by atoms with Crippen LogP contribution in [0.1, 0.15) is 39.5 Å². The van der Waals surface area contributed by atoms with Crippen molar-refractivity contribution in [3.63, 3.8) is 0 Å². The Bertz CT molecular complexity index is 1300. The molecule has 0 saturated carbocycles. The monoisotopic (exact) mass is 500 g/mol. The van der Waals surface area contributed by atoms with Gasteiger partial charge in [-0.15, -0.1) is 0 Å². The Balaban J connectivity index is 1.66. The number of nitrogens with one attached hydrogen (secondary N) is 1. The summed E-state index contributed by atoms with van der Waals surface area (Å²) < 4.78 is 4.37. The molecular formula is C24H36N8O4. The molecule has 1 amide bonds. The van der Waals surface area contributed by atoms with E-state index in [1.165, 1.54) is 11.6 Å². The van der Waals surface area contributed by atoms with E-state index in [0.29, 0.717) is 43.2 Å². The molecule has 3 atom stereocenters. The van der Waals surface area contributed by atoms with Gasteiger partial charge in [0.15, 0.2) is 17.5 Å². The molecule has 3 unspecified atom stereocenters. The summed E-state index contributed by atoms with van der Waals surface area (Å²) in [5.74, 6) is 0.206. The second-order valence-corrected chi connectivity index (χ2v) is 10.0. The third-order valence-electron chi connectivity index (χ3n) is 7.23. The van der Waals surface area contributed by atoms with Crippen molar-refractivity contribution in [1.82, 2.24) is 28.9 Å². The van der Waals surface area contributed by atoms with Crippen LogP contribution in [0.2, 0.25) is 0 Å². The van der Waals surface area contributed by atoms with Crippen LogP contribution >= 0.6 is 0 Å². The number of likely N-dealkylation sites (tertiary alicyclic amines) is 1. The maximum atomic E-state index is 13.1. The second-order valence-electron chi connectivity index (χ2n) is 10.0. The smallest absolute Gasteiger partial charge is 0.332 e. The van der Waals surface area contributed by atoms with Crippen molar-refractivity contribution in [2.75, 3.05) is 24.5 Å². The normalized spacial score (nSPS) is 21.6. The number of anilines is 1. The number of fused-ring (bicyclic) bond motifs is 1. The molecular weight excluding hydrogens is 464 g/mol. The van der Waals surface area contributed by atoms with Gasteiger partial charge in [-0.05, 0) is 39.5 Å². The van der Waals surface area contributed by atoms with Crippen molar-refractivity contribution < 1.29 is 9.59 Å². The lowest BCUT2D eigenvalue weighted by molar-refractivity contribution is -0.125. The number of hydrogen-bond acceptors (Lipinski definition) is 8. The first-order valence-electron chi connectivity index (χ1n) is 12.4. The largest absolute Gasteiger partial charge is 0.368 e. The zero-order valence-electron chi connectivity index (χ0n) is 21.4. The minimum atomic E-state index is -0.604. The van der Waals surface area contributed by atoms with E-state index in [2.05, 4.69) is 10.2 Å². The fourth-order valence-electron chi connectivity index (χ4n) is 5.30. The van der Waals surface area contributed by atoms with Crippen molar-refractivity contribution in [3.8, 4) is 0 Å². The number of nitrogens with zero attached hydrogens (tertiary/aromatic N) is 6. The van der Waals surface area contributed by atoms with Crippen LogP contribution in [0.3, 0.4) is 0 Å². The predicted molar refractivity (Wildman–Crippen MR) is 137 cm³/mol. The van der Waals surface area contributed by atoms with Crippen LogP contribution in [-0.4, -0.2) is 73.7 Å². The SMILES string of the molecule is CC(C)=CCn1c(N2CCCC(NC(C=O)N3CCCC3C(N)=O)C2)nc2c1c(=O)n(C)c(=O)n2C. The first-order chi connectivity index (χ1) is 17.1. The quantitative estimate of drug-likeness (QED) is 0.363. The highest BCUT2D eigenvalue weighted by Crippen LogP contribution is 2.25. The van der Waals surface area contributed by atoms with E-state index in [-0.39, 0.29) is 11.6 Å². The van der Waals surface area contributed by atoms with Gasteiger partial charge in [0.1, 0.15) is 6.17 Å². The molecule has 2 aliphatic heterocycles. The van der Waals surface area contributed by atoms with Crippen molar-refractivity contribution in [1.29, 1.82) is 0 Å². The molecule has 2 fully saturated rings. The Morgan fingerprint density at radius 1 is 1.17 bits per heavy atom. The molecule has 4 heterocycles. The zero-order chi connectivity index (χ0) is 26.1. The van der Waals surface area contributed by atoms with Gasteiger partial charge in [0.2, 0.25) is 11.9 Å². The van der Waals surface area contributed by atoms with Crippen LogP contribution < -0.4 is 27.2 Å². The fourth-order valence-corrected chi connectivity index (χ4v) is 5.30. The first kappa shape index (κ1) is 25.8. The van der Waals surface area contributed by atoms with E-state index >= 15 is 0 Å². The Morgan fingerprint density at radius 3 is 2.56 bits per heavy atom. The van der Waals surface area contributed by atoms with E-state index in [1.54, 1.807) is 7.05 Å². The molecule has 12 heteroatoms. The number of aldehydes is 1. The topological polar surface area (TPSA) is 140 Å². The molecule has 0 spiro atoms. The molecule has 0 aliphatic carbocycles. The van der Waals surface area contributed by atoms with E-state index in [4.69, 9.17) is 10.7 Å². The minimum absolute atomic E-state index is 0.0357. The summed E-state index contributed by atoms with van der Waals surface area (Å²) in [5.41, 5.74) is 6.59. The summed E-state index contributed by atoms with van der Waals surface area (Å²) in [6, 6.07) is -0.482. The van der Waals surface area contributed by atoms with Gasteiger partial charge in [-0.3, -0.25) is 28.9 Å². The van der Waals surface area contributed by atoms with Gasteiger partial charge >= 0.3 is 5.69 Å². The van der Waals surface area contributed by atoms with Gasteiger partial charge in [0.25, 0.3) is 5.56 Å². The van der Waals surface area contributed by atoms with Crippen LogP contribution in [0.15, 0.2) is 21.2 Å². The number of rotatable bonds is 8. The van der Waals surface area contributed by atoms with E-state index in [0.717, 1.165) is 42.2 Å². The third-order valence-corrected chi connectivity index (χ3v) is 7.23. The van der Waals surface area contributed by atoms with Gasteiger partial charge in [-0.2, -0.15) is 4.98 Å². The Morgan fingerprint density at radius 2 is 1.89 bits per heavy atom. The number of allylic oxidation sites excluding steroid dienone is 2. The molecule has 4 rings (SSSR count). The number of hydrogen-bond donors (Lipinski definition) is 2. The number of carbonyl (C=O) groups is 2. The molecule has 2 saturated heterocycles. The van der Waals surface area contributed by atoms with Gasteiger partial charge < -0.3 is 20.0 Å². The molecule has 0 aromatic carbocycles. The number of nitrogens with two attached hydrogens (primary N) is 1. The third kappa shape index (κ3) is 4.74. The van der Waals surface area contributed by atoms with Crippen LogP contribution in [-0.2, 0) is 30.2 Å². The summed E-state index contributed by atoms with van der Waals surface area (Å²) in [4.78, 5) is 58.2. The molecule has 3 N–H and O–H groups in total. The Labute approximate surface area is 209 Å². The lowest BCUT2D eigenvalue weighted by atomic mass is 10.1. The van der Waals surface area contributed by atoms with Gasteiger partial charge in [0, 0.05) is 46.3 Å². The van der Waals surface area contributed by atoms with Crippen LogP contribution in [0.4, 0.5) is 5.95 Å². The number of aromatic nitrogens is 4. The molecule has 36 heavy (non-hydrogen) atoms. The van der Waals surface area contributed by atoms with Gasteiger partial charge in [0.05, 0.1) is 6.04 Å². The molecule has 0 radical (unpaired) electrons. The van der Waals surface area contributed by atoms with Crippen LogP contribution in [0, 0.1) is 0 Å². The highest BCUT2D eigenvalue weighted by molar-refractivity contribution is 5.80.